The minimum Gasteiger partial charge on any atom is -0.304 e. The van der Waals surface area contributed by atoms with Gasteiger partial charge in [0.05, 0.1) is 22.4 Å². The Kier molecular flexibility index (Phi) is 1.40. The summed E-state index contributed by atoms with van der Waals surface area (Å²) in [6, 6.07) is 0. The molecule has 5 atom stereocenters. The number of hydrogen-bond donors (Lipinski definition) is 0. The fourth-order valence-electron chi connectivity index (χ4n) is 3.81. The topological polar surface area (TPSA) is 9.23 Å². The van der Waals surface area contributed by atoms with Crippen LogP contribution >= 0.6 is 16.3 Å². The third-order valence-corrected chi connectivity index (χ3v) is 4.51. The Morgan fingerprint density at radius 2 is 1.82 bits per heavy atom. The van der Waals surface area contributed by atoms with Gasteiger partial charge in [-0.2, -0.15) is 0 Å². The maximum Gasteiger partial charge on any atom is 0.0991 e. The molecule has 0 radical (unpaired) electrons. The molecule has 4 fully saturated rings. The van der Waals surface area contributed by atoms with Gasteiger partial charge < -0.3 is 3.83 Å². The average molecular weight is 217 g/mol. The van der Waals surface area contributed by atoms with E-state index in [0.717, 1.165) is 23.7 Å². The van der Waals surface area contributed by atoms with E-state index in [0.29, 0.717) is 6.10 Å². The van der Waals surface area contributed by atoms with E-state index in [2.05, 4.69) is 16.3 Å². The van der Waals surface area contributed by atoms with E-state index in [1.54, 1.807) is 0 Å². The van der Waals surface area contributed by atoms with Crippen molar-refractivity contribution in [1.29, 1.82) is 0 Å². The first kappa shape index (κ1) is 6.90. The van der Waals surface area contributed by atoms with Crippen LogP contribution in [-0.4, -0.2) is 6.10 Å². The van der Waals surface area contributed by atoms with E-state index in [-0.39, 0.29) is 0 Å². The summed E-state index contributed by atoms with van der Waals surface area (Å²) in [7, 11) is 0. The molecule has 62 valence electrons. The van der Waals surface area contributed by atoms with Crippen LogP contribution in [0.2, 0.25) is 0 Å². The van der Waals surface area contributed by atoms with Crippen molar-refractivity contribution in [3.8, 4) is 0 Å². The Labute approximate surface area is 75.9 Å². The molecule has 4 saturated carbocycles. The normalized spacial score (nSPS) is 59.2. The summed E-state index contributed by atoms with van der Waals surface area (Å²) in [5, 5.41) is 0. The lowest BCUT2D eigenvalue weighted by Crippen LogP contribution is -2.28. The van der Waals surface area contributed by atoms with E-state index < -0.39 is 0 Å². The van der Waals surface area contributed by atoms with Gasteiger partial charge in [-0.1, -0.05) is 0 Å². The standard InChI is InChI=1S/C9H13BrO/c10-11-9-7-2-5-1-6(4-7)8(9)3-5/h5-9H,1-4H2. The smallest absolute Gasteiger partial charge is 0.0991 e. The SMILES string of the molecule is BrOC1C2CC3CC(C2)C1C3. The molecule has 2 heteroatoms. The van der Waals surface area contributed by atoms with E-state index in [1.165, 1.54) is 25.7 Å². The van der Waals surface area contributed by atoms with Gasteiger partial charge in [-0.25, -0.2) is 0 Å². The van der Waals surface area contributed by atoms with Gasteiger partial charge in [0, 0.05) is 0 Å². The summed E-state index contributed by atoms with van der Waals surface area (Å²) in [5.41, 5.74) is 0. The number of hydrogen-bond acceptors (Lipinski definition) is 1. The number of halogens is 1. The zero-order chi connectivity index (χ0) is 7.42. The number of rotatable bonds is 1. The van der Waals surface area contributed by atoms with Gasteiger partial charge >= 0.3 is 0 Å². The van der Waals surface area contributed by atoms with Crippen molar-refractivity contribution in [2.75, 3.05) is 0 Å². The summed E-state index contributed by atoms with van der Waals surface area (Å²) in [6.45, 7) is 0. The van der Waals surface area contributed by atoms with Crippen molar-refractivity contribution >= 4 is 16.3 Å². The Morgan fingerprint density at radius 3 is 2.55 bits per heavy atom. The summed E-state index contributed by atoms with van der Waals surface area (Å²) in [6.07, 6.45) is 6.44. The molecule has 1 nitrogen and oxygen atoms in total. The quantitative estimate of drug-likeness (QED) is 0.656. The molecule has 4 aliphatic carbocycles. The Bertz CT molecular complexity index is 178. The van der Waals surface area contributed by atoms with Gasteiger partial charge in [-0.3, -0.25) is 0 Å². The van der Waals surface area contributed by atoms with Crippen molar-refractivity contribution < 1.29 is 3.83 Å². The summed E-state index contributed by atoms with van der Waals surface area (Å²) in [4.78, 5) is 0. The predicted molar refractivity (Wildman–Crippen MR) is 46.2 cm³/mol. The fraction of sp³-hybridized carbons (Fsp3) is 1.00. The minimum absolute atomic E-state index is 0.568. The molecule has 0 heterocycles. The molecule has 0 aromatic heterocycles. The van der Waals surface area contributed by atoms with Crippen LogP contribution in [-0.2, 0) is 3.83 Å². The predicted octanol–water partition coefficient (Wildman–Crippen LogP) is 2.75. The van der Waals surface area contributed by atoms with E-state index in [9.17, 15) is 0 Å². The van der Waals surface area contributed by atoms with Crippen LogP contribution in [0.3, 0.4) is 0 Å². The molecule has 5 unspecified atom stereocenters. The largest absolute Gasteiger partial charge is 0.304 e. The van der Waals surface area contributed by atoms with Gasteiger partial charge in [0.1, 0.15) is 0 Å². The molecule has 0 aliphatic heterocycles. The summed E-state index contributed by atoms with van der Waals surface area (Å²) >= 11 is 3.18. The van der Waals surface area contributed by atoms with Crippen molar-refractivity contribution in [3.63, 3.8) is 0 Å². The van der Waals surface area contributed by atoms with Gasteiger partial charge in [0.15, 0.2) is 0 Å². The van der Waals surface area contributed by atoms with Crippen LogP contribution in [0.4, 0.5) is 0 Å². The first-order valence-electron chi connectivity index (χ1n) is 4.66. The highest BCUT2D eigenvalue weighted by molar-refractivity contribution is 9.06. The fourth-order valence-corrected chi connectivity index (χ4v) is 4.39. The molecular formula is C9H13BrO. The Hall–Kier alpha value is 0.440. The lowest BCUT2D eigenvalue weighted by Gasteiger charge is -2.29. The molecule has 0 N–H and O–H groups in total. The molecule has 11 heavy (non-hydrogen) atoms. The molecule has 0 amide bonds. The zero-order valence-corrected chi connectivity index (χ0v) is 8.09. The van der Waals surface area contributed by atoms with Crippen LogP contribution in [0.5, 0.6) is 0 Å². The molecule has 4 bridgehead atoms. The monoisotopic (exact) mass is 216 g/mol. The third-order valence-electron chi connectivity index (χ3n) is 4.08. The van der Waals surface area contributed by atoms with E-state index >= 15 is 0 Å². The third kappa shape index (κ3) is 0.803. The zero-order valence-electron chi connectivity index (χ0n) is 6.50. The highest BCUT2D eigenvalue weighted by Gasteiger charge is 2.54. The maximum absolute atomic E-state index is 5.39. The molecule has 0 aromatic carbocycles. The van der Waals surface area contributed by atoms with Gasteiger partial charge in [0.25, 0.3) is 0 Å². The highest BCUT2D eigenvalue weighted by atomic mass is 79.9. The maximum atomic E-state index is 5.39. The van der Waals surface area contributed by atoms with Crippen molar-refractivity contribution in [3.05, 3.63) is 0 Å². The van der Waals surface area contributed by atoms with Gasteiger partial charge in [-0.15, -0.1) is 0 Å². The second-order valence-corrected chi connectivity index (χ2v) is 4.92. The highest BCUT2D eigenvalue weighted by Crippen LogP contribution is 2.59. The molecule has 0 saturated heterocycles. The molecular weight excluding hydrogens is 204 g/mol. The summed E-state index contributed by atoms with van der Waals surface area (Å²) < 4.78 is 5.39. The van der Waals surface area contributed by atoms with Crippen LogP contribution in [0, 0.1) is 23.7 Å². The lowest BCUT2D eigenvalue weighted by molar-refractivity contribution is 0.104. The van der Waals surface area contributed by atoms with Gasteiger partial charge in [-0.05, 0) is 49.4 Å². The molecule has 4 aliphatic rings. The second-order valence-electron chi connectivity index (χ2n) is 4.55. The first-order chi connectivity index (χ1) is 5.38. The van der Waals surface area contributed by atoms with Gasteiger partial charge in [0.2, 0.25) is 0 Å². The Balaban J connectivity index is 1.91. The summed E-state index contributed by atoms with van der Waals surface area (Å²) in [5.74, 6) is 3.92. The van der Waals surface area contributed by atoms with Crippen molar-refractivity contribution in [1.82, 2.24) is 0 Å². The van der Waals surface area contributed by atoms with Crippen LogP contribution in [0.25, 0.3) is 0 Å². The van der Waals surface area contributed by atoms with Crippen LogP contribution in [0.1, 0.15) is 25.7 Å². The minimum atomic E-state index is 0.568. The molecule has 4 rings (SSSR count). The van der Waals surface area contributed by atoms with Crippen molar-refractivity contribution in [2.45, 2.75) is 31.8 Å². The van der Waals surface area contributed by atoms with E-state index in [1.807, 2.05) is 0 Å². The molecule has 0 aromatic rings. The second kappa shape index (κ2) is 2.23. The molecule has 0 spiro atoms. The Morgan fingerprint density at radius 1 is 1.00 bits per heavy atom. The lowest BCUT2D eigenvalue weighted by atomic mass is 9.81. The average Bonchev–Trinajstić information content (AvgIpc) is 2.40. The van der Waals surface area contributed by atoms with Crippen LogP contribution in [0.15, 0.2) is 0 Å². The first-order valence-corrected chi connectivity index (χ1v) is 5.30. The van der Waals surface area contributed by atoms with Crippen LogP contribution < -0.4 is 0 Å². The van der Waals surface area contributed by atoms with Crippen molar-refractivity contribution in [2.24, 2.45) is 23.7 Å². The van der Waals surface area contributed by atoms with E-state index in [4.69, 9.17) is 3.83 Å².